The molecule has 0 aliphatic carbocycles. The molecular weight excluding hydrogens is 138 g/mol. The van der Waals surface area contributed by atoms with E-state index in [9.17, 15) is 0 Å². The van der Waals surface area contributed by atoms with Crippen LogP contribution < -0.4 is 5.32 Å². The highest BCUT2D eigenvalue weighted by Crippen LogP contribution is 1.94. The molecule has 2 nitrogen and oxygen atoms in total. The molecular formula is C9H17NO. The Morgan fingerprint density at radius 3 is 2.55 bits per heavy atom. The third kappa shape index (κ3) is 7.38. The second-order valence-electron chi connectivity index (χ2n) is 2.83. The van der Waals surface area contributed by atoms with E-state index in [-0.39, 0.29) is 12.2 Å². The van der Waals surface area contributed by atoms with Gasteiger partial charge >= 0.3 is 0 Å². The summed E-state index contributed by atoms with van der Waals surface area (Å²) in [6.45, 7) is 7.52. The Balaban J connectivity index is 3.24. The van der Waals surface area contributed by atoms with Gasteiger partial charge in [0.15, 0.2) is 0 Å². The Hall–Kier alpha value is -0.520. The van der Waals surface area contributed by atoms with E-state index >= 15 is 0 Å². The van der Waals surface area contributed by atoms with Crippen LogP contribution in [0.3, 0.4) is 0 Å². The van der Waals surface area contributed by atoms with Crippen LogP contribution in [0.25, 0.3) is 0 Å². The predicted molar refractivity (Wildman–Crippen MR) is 47.4 cm³/mol. The lowest BCUT2D eigenvalue weighted by Crippen LogP contribution is -2.28. The standard InChI is InChI=1S/C9H17NO/c1-5-6-10-7-9(4)11-8(2)3/h1,8-10H,6-7H2,2-4H3. The van der Waals surface area contributed by atoms with Crippen LogP contribution in [0.5, 0.6) is 0 Å². The average Bonchev–Trinajstić information content (AvgIpc) is 1.86. The van der Waals surface area contributed by atoms with Gasteiger partial charge in [0, 0.05) is 6.54 Å². The molecule has 1 atom stereocenters. The second kappa shape index (κ2) is 6.21. The van der Waals surface area contributed by atoms with Gasteiger partial charge in [0.1, 0.15) is 0 Å². The molecule has 0 saturated heterocycles. The molecule has 0 aliphatic rings. The molecule has 64 valence electrons. The highest BCUT2D eigenvalue weighted by molar-refractivity contribution is 4.86. The van der Waals surface area contributed by atoms with E-state index in [1.54, 1.807) is 0 Å². The molecule has 0 fully saturated rings. The molecule has 1 N–H and O–H groups in total. The summed E-state index contributed by atoms with van der Waals surface area (Å²) in [4.78, 5) is 0. The molecule has 0 aromatic rings. The quantitative estimate of drug-likeness (QED) is 0.473. The third-order valence-electron chi connectivity index (χ3n) is 1.16. The van der Waals surface area contributed by atoms with Crippen LogP contribution in [0.15, 0.2) is 0 Å². The second-order valence-corrected chi connectivity index (χ2v) is 2.83. The van der Waals surface area contributed by atoms with Gasteiger partial charge in [-0.1, -0.05) is 5.92 Å². The summed E-state index contributed by atoms with van der Waals surface area (Å²) >= 11 is 0. The predicted octanol–water partition coefficient (Wildman–Crippen LogP) is 1.02. The van der Waals surface area contributed by atoms with Crippen molar-refractivity contribution >= 4 is 0 Å². The van der Waals surface area contributed by atoms with E-state index in [1.807, 2.05) is 20.8 Å². The van der Waals surface area contributed by atoms with Crippen LogP contribution in [0, 0.1) is 12.3 Å². The molecule has 0 saturated carbocycles. The fraction of sp³-hybridized carbons (Fsp3) is 0.778. The van der Waals surface area contributed by atoms with Crippen molar-refractivity contribution in [1.82, 2.24) is 5.32 Å². The number of hydrogen-bond donors (Lipinski definition) is 1. The van der Waals surface area contributed by atoms with Crippen molar-refractivity contribution in [2.24, 2.45) is 0 Å². The smallest absolute Gasteiger partial charge is 0.0675 e. The summed E-state index contributed by atoms with van der Waals surface area (Å²) in [5.74, 6) is 2.51. The zero-order valence-corrected chi connectivity index (χ0v) is 7.55. The first-order valence-electron chi connectivity index (χ1n) is 3.96. The normalized spacial score (nSPS) is 13.0. The maximum absolute atomic E-state index is 5.47. The Labute approximate surface area is 69.3 Å². The van der Waals surface area contributed by atoms with Crippen molar-refractivity contribution in [3.8, 4) is 12.3 Å². The highest BCUT2D eigenvalue weighted by Gasteiger charge is 2.02. The van der Waals surface area contributed by atoms with Gasteiger partial charge < -0.3 is 10.1 Å². The summed E-state index contributed by atoms with van der Waals surface area (Å²) in [5.41, 5.74) is 0. The van der Waals surface area contributed by atoms with Gasteiger partial charge in [-0.15, -0.1) is 6.42 Å². The minimum atomic E-state index is 0.239. The fourth-order valence-electron chi connectivity index (χ4n) is 0.860. The average molecular weight is 155 g/mol. The topological polar surface area (TPSA) is 21.3 Å². The lowest BCUT2D eigenvalue weighted by atomic mass is 10.3. The summed E-state index contributed by atoms with van der Waals surface area (Å²) in [7, 11) is 0. The van der Waals surface area contributed by atoms with Gasteiger partial charge in [-0.25, -0.2) is 0 Å². The molecule has 0 radical (unpaired) electrons. The maximum atomic E-state index is 5.47. The van der Waals surface area contributed by atoms with Crippen LogP contribution in [-0.2, 0) is 4.74 Å². The van der Waals surface area contributed by atoms with Crippen LogP contribution in [0.2, 0.25) is 0 Å². The van der Waals surface area contributed by atoms with Crippen molar-refractivity contribution in [3.63, 3.8) is 0 Å². The molecule has 0 heterocycles. The van der Waals surface area contributed by atoms with Crippen LogP contribution in [0.1, 0.15) is 20.8 Å². The summed E-state index contributed by atoms with van der Waals surface area (Å²) in [6.07, 6.45) is 5.59. The van der Waals surface area contributed by atoms with E-state index in [0.29, 0.717) is 6.54 Å². The highest BCUT2D eigenvalue weighted by atomic mass is 16.5. The van der Waals surface area contributed by atoms with Crippen LogP contribution >= 0.6 is 0 Å². The first-order valence-corrected chi connectivity index (χ1v) is 3.96. The van der Waals surface area contributed by atoms with Gasteiger partial charge in [-0.05, 0) is 20.8 Å². The Kier molecular flexibility index (Phi) is 5.91. The van der Waals surface area contributed by atoms with Crippen molar-refractivity contribution in [3.05, 3.63) is 0 Å². The van der Waals surface area contributed by atoms with Gasteiger partial charge in [0.25, 0.3) is 0 Å². The molecule has 0 amide bonds. The Morgan fingerprint density at radius 1 is 1.45 bits per heavy atom. The molecule has 0 aliphatic heterocycles. The minimum absolute atomic E-state index is 0.239. The van der Waals surface area contributed by atoms with Gasteiger partial charge in [-0.3, -0.25) is 0 Å². The molecule has 1 unspecified atom stereocenters. The molecule has 0 rings (SSSR count). The Morgan fingerprint density at radius 2 is 2.09 bits per heavy atom. The maximum Gasteiger partial charge on any atom is 0.0675 e. The lowest BCUT2D eigenvalue weighted by molar-refractivity contribution is 0.0201. The largest absolute Gasteiger partial charge is 0.375 e. The van der Waals surface area contributed by atoms with Crippen LogP contribution in [0.4, 0.5) is 0 Å². The van der Waals surface area contributed by atoms with Gasteiger partial charge in [0.2, 0.25) is 0 Å². The molecule has 2 heteroatoms. The molecule has 11 heavy (non-hydrogen) atoms. The minimum Gasteiger partial charge on any atom is -0.375 e. The molecule has 0 bridgehead atoms. The number of rotatable bonds is 5. The van der Waals surface area contributed by atoms with Crippen molar-refractivity contribution in [2.75, 3.05) is 13.1 Å². The van der Waals surface area contributed by atoms with E-state index in [1.165, 1.54) is 0 Å². The van der Waals surface area contributed by atoms with Crippen molar-refractivity contribution in [1.29, 1.82) is 0 Å². The summed E-state index contributed by atoms with van der Waals surface area (Å²) in [6, 6.07) is 0. The first-order chi connectivity index (χ1) is 5.16. The molecule has 0 spiro atoms. The monoisotopic (exact) mass is 155 g/mol. The van der Waals surface area contributed by atoms with E-state index in [4.69, 9.17) is 11.2 Å². The Bertz CT molecular complexity index is 126. The van der Waals surface area contributed by atoms with Crippen molar-refractivity contribution < 1.29 is 4.74 Å². The summed E-state index contributed by atoms with van der Waals surface area (Å²) in [5, 5.41) is 3.08. The first kappa shape index (κ1) is 10.5. The van der Waals surface area contributed by atoms with E-state index in [2.05, 4.69) is 11.2 Å². The summed E-state index contributed by atoms with van der Waals surface area (Å²) < 4.78 is 5.47. The fourth-order valence-corrected chi connectivity index (χ4v) is 0.860. The molecule has 0 aromatic carbocycles. The number of terminal acetylenes is 1. The van der Waals surface area contributed by atoms with E-state index in [0.717, 1.165) is 6.54 Å². The zero-order chi connectivity index (χ0) is 8.69. The SMILES string of the molecule is C#CCNCC(C)OC(C)C. The third-order valence-corrected chi connectivity index (χ3v) is 1.16. The van der Waals surface area contributed by atoms with E-state index < -0.39 is 0 Å². The zero-order valence-electron chi connectivity index (χ0n) is 7.55. The number of hydrogen-bond acceptors (Lipinski definition) is 2. The number of nitrogens with one attached hydrogen (secondary N) is 1. The number of ether oxygens (including phenoxy) is 1. The lowest BCUT2D eigenvalue weighted by Gasteiger charge is -2.15. The van der Waals surface area contributed by atoms with Crippen molar-refractivity contribution in [2.45, 2.75) is 33.0 Å². The molecule has 0 aromatic heterocycles. The van der Waals surface area contributed by atoms with Crippen LogP contribution in [-0.4, -0.2) is 25.3 Å². The van der Waals surface area contributed by atoms with Gasteiger partial charge in [-0.2, -0.15) is 0 Å². The van der Waals surface area contributed by atoms with Gasteiger partial charge in [0.05, 0.1) is 18.8 Å².